The number of benzene rings is 1. The molecule has 0 saturated heterocycles. The lowest BCUT2D eigenvalue weighted by molar-refractivity contribution is -0.760. The van der Waals surface area contributed by atoms with Crippen molar-refractivity contribution >= 4 is 28.4 Å². The Hall–Kier alpha value is -3.51. The molecule has 0 aromatic heterocycles. The quantitative estimate of drug-likeness (QED) is 0.0908. The molecule has 0 bridgehead atoms. The number of hydrogen-bond donors (Lipinski definition) is 0. The minimum absolute atomic E-state index is 0.0166. The van der Waals surface area contributed by atoms with E-state index in [1.54, 1.807) is 0 Å². The molecular formula is C21H23F8NO9S. The standard InChI is InChI=1S/C21H23F8NO9S/c1-5-12-6-14(40(25,26,27,28)29)7-13-8-15(17(21(22,23)24)39-16(12)13)18(31)37-11(2)38-19(32)35-9-20(3,4)10-36-30(33)34/h6-8,11,17H,5,9-10H2,1-4H3/t11?,17-/m0/s1. The van der Waals surface area contributed by atoms with Crippen LogP contribution in [0.5, 0.6) is 5.75 Å². The van der Waals surface area contributed by atoms with Crippen molar-refractivity contribution in [1.29, 1.82) is 0 Å². The Kier molecular flexibility index (Phi) is 8.30. The second-order valence-corrected chi connectivity index (χ2v) is 11.7. The molecule has 0 aliphatic carbocycles. The molecule has 2 atom stereocenters. The van der Waals surface area contributed by atoms with Gasteiger partial charge in [-0.2, -0.15) is 13.2 Å². The van der Waals surface area contributed by atoms with E-state index in [1.807, 2.05) is 0 Å². The first-order chi connectivity index (χ1) is 17.8. The molecule has 19 heteroatoms. The SMILES string of the molecule is CCc1cc(S(F)(F)(F)(F)F)cc2c1O[C@H](C(F)(F)F)C(C(=O)OC(C)OC(=O)OCC(C)(C)CO[N+](=O)[O-])=C2. The molecule has 10 nitrogen and oxygen atoms in total. The highest BCUT2D eigenvalue weighted by molar-refractivity contribution is 8.45. The fraction of sp³-hybridized carbons (Fsp3) is 0.524. The number of carbonyl (C=O) groups is 2. The second-order valence-electron chi connectivity index (χ2n) is 9.25. The summed E-state index contributed by atoms with van der Waals surface area (Å²) >= 11 is 0. The van der Waals surface area contributed by atoms with Crippen molar-refractivity contribution in [1.82, 2.24) is 0 Å². The van der Waals surface area contributed by atoms with Crippen LogP contribution in [0.15, 0.2) is 22.6 Å². The van der Waals surface area contributed by atoms with Gasteiger partial charge in [0.15, 0.2) is 0 Å². The predicted molar refractivity (Wildman–Crippen MR) is 120 cm³/mol. The van der Waals surface area contributed by atoms with Crippen molar-refractivity contribution in [3.8, 4) is 5.75 Å². The number of fused-ring (bicyclic) bond motifs is 1. The van der Waals surface area contributed by atoms with Gasteiger partial charge in [0, 0.05) is 17.9 Å². The van der Waals surface area contributed by atoms with Crippen molar-refractivity contribution < 1.29 is 71.1 Å². The van der Waals surface area contributed by atoms with Gasteiger partial charge in [0.1, 0.15) is 23.9 Å². The third-order valence-corrected chi connectivity index (χ3v) is 6.16. The van der Waals surface area contributed by atoms with E-state index in [0.29, 0.717) is 0 Å². The summed E-state index contributed by atoms with van der Waals surface area (Å²) in [4.78, 5) is 36.4. The molecule has 40 heavy (non-hydrogen) atoms. The van der Waals surface area contributed by atoms with Crippen LogP contribution in [0.4, 0.5) is 37.4 Å². The van der Waals surface area contributed by atoms with Crippen LogP contribution < -0.4 is 4.74 Å². The third-order valence-electron chi connectivity index (χ3n) is 5.03. The fourth-order valence-corrected chi connectivity index (χ4v) is 3.90. The number of nitrogens with zero attached hydrogens (tertiary/aromatic N) is 1. The zero-order valence-electron chi connectivity index (χ0n) is 21.1. The topological polar surface area (TPSA) is 123 Å². The zero-order valence-corrected chi connectivity index (χ0v) is 21.9. The molecular weight excluding hydrogens is 594 g/mol. The average Bonchev–Trinajstić information content (AvgIpc) is 2.77. The largest absolute Gasteiger partial charge is 0.511 e. The van der Waals surface area contributed by atoms with Gasteiger partial charge in [-0.05, 0) is 30.2 Å². The van der Waals surface area contributed by atoms with Crippen molar-refractivity contribution in [2.45, 2.75) is 57.6 Å². The molecule has 1 aromatic rings. The Bertz CT molecular complexity index is 1220. The molecule has 0 fully saturated rings. The molecule has 0 amide bonds. The minimum atomic E-state index is -10.3. The second kappa shape index (κ2) is 10.2. The van der Waals surface area contributed by atoms with E-state index in [4.69, 9.17) is 9.47 Å². The van der Waals surface area contributed by atoms with Crippen LogP contribution in [-0.4, -0.2) is 49.0 Å². The number of rotatable bonds is 10. The molecule has 0 radical (unpaired) electrons. The van der Waals surface area contributed by atoms with Gasteiger partial charge >= 0.3 is 28.5 Å². The lowest BCUT2D eigenvalue weighted by Crippen LogP contribution is -2.41. The van der Waals surface area contributed by atoms with Crippen LogP contribution in [0.25, 0.3) is 6.08 Å². The third kappa shape index (κ3) is 8.75. The van der Waals surface area contributed by atoms with E-state index in [9.17, 15) is 52.3 Å². The Morgan fingerprint density at radius 3 is 2.20 bits per heavy atom. The number of carbonyl (C=O) groups excluding carboxylic acids is 2. The van der Waals surface area contributed by atoms with Crippen molar-refractivity contribution in [2.24, 2.45) is 5.41 Å². The molecule has 1 aromatic carbocycles. The fourth-order valence-electron chi connectivity index (χ4n) is 3.19. The molecule has 0 spiro atoms. The van der Waals surface area contributed by atoms with E-state index >= 15 is 0 Å². The highest BCUT2D eigenvalue weighted by atomic mass is 32.5. The zero-order chi connectivity index (χ0) is 31.0. The maximum Gasteiger partial charge on any atom is 0.511 e. The van der Waals surface area contributed by atoms with Crippen LogP contribution in [0, 0.1) is 15.5 Å². The molecule has 1 heterocycles. The van der Waals surface area contributed by atoms with Gasteiger partial charge in [0.05, 0.1) is 5.57 Å². The maximum atomic E-state index is 13.7. The molecule has 2 rings (SSSR count). The minimum Gasteiger partial charge on any atom is -0.475 e. The molecule has 0 N–H and O–H groups in total. The summed E-state index contributed by atoms with van der Waals surface area (Å²) in [6.45, 7) is 3.89. The normalized spacial score (nSPS) is 18.1. The highest BCUT2D eigenvalue weighted by Crippen LogP contribution is 3.02. The van der Waals surface area contributed by atoms with E-state index in [1.165, 1.54) is 20.8 Å². The summed E-state index contributed by atoms with van der Waals surface area (Å²) in [5, 5.41) is 9.19. The van der Waals surface area contributed by atoms with Gasteiger partial charge in [-0.15, -0.1) is 10.1 Å². The van der Waals surface area contributed by atoms with E-state index < -0.39 is 98.4 Å². The molecule has 1 aliphatic rings. The van der Waals surface area contributed by atoms with Crippen LogP contribution in [0.1, 0.15) is 38.8 Å². The summed E-state index contributed by atoms with van der Waals surface area (Å²) in [6.07, 6.45) is -12.0. The maximum absolute atomic E-state index is 13.7. The first-order valence-corrected chi connectivity index (χ1v) is 13.0. The summed E-state index contributed by atoms with van der Waals surface area (Å²) in [5.41, 5.74) is -4.01. The monoisotopic (exact) mass is 617 g/mol. The van der Waals surface area contributed by atoms with Crippen molar-refractivity contribution in [3.05, 3.63) is 38.9 Å². The highest BCUT2D eigenvalue weighted by Gasteiger charge is 2.66. The number of aryl methyl sites for hydroxylation is 1. The van der Waals surface area contributed by atoms with Gasteiger partial charge in [0.25, 0.3) is 5.09 Å². The Balaban J connectivity index is 2.29. The van der Waals surface area contributed by atoms with Gasteiger partial charge < -0.3 is 23.8 Å². The van der Waals surface area contributed by atoms with Crippen molar-refractivity contribution in [2.75, 3.05) is 13.2 Å². The molecule has 0 saturated carbocycles. The van der Waals surface area contributed by atoms with Gasteiger partial charge in [-0.3, -0.25) is 0 Å². The lowest BCUT2D eigenvalue weighted by Gasteiger charge is -2.41. The summed E-state index contributed by atoms with van der Waals surface area (Å²) in [7, 11) is -10.3. The van der Waals surface area contributed by atoms with Crippen LogP contribution >= 0.6 is 10.2 Å². The molecule has 1 unspecified atom stereocenters. The smallest absolute Gasteiger partial charge is 0.475 e. The molecule has 1 aliphatic heterocycles. The summed E-state index contributed by atoms with van der Waals surface area (Å²) in [5.74, 6) is -2.65. The van der Waals surface area contributed by atoms with Gasteiger partial charge in [0.2, 0.25) is 12.4 Å². The van der Waals surface area contributed by atoms with E-state index in [2.05, 4.69) is 14.3 Å². The van der Waals surface area contributed by atoms with Crippen LogP contribution in [-0.2, 0) is 30.3 Å². The van der Waals surface area contributed by atoms with Crippen LogP contribution in [0.2, 0.25) is 0 Å². The van der Waals surface area contributed by atoms with Gasteiger partial charge in [-0.25, -0.2) is 9.59 Å². The summed E-state index contributed by atoms with van der Waals surface area (Å²) in [6, 6.07) is -0.158. The van der Waals surface area contributed by atoms with Crippen molar-refractivity contribution in [3.63, 3.8) is 0 Å². The molecule has 228 valence electrons. The average molecular weight is 617 g/mol. The van der Waals surface area contributed by atoms with E-state index in [0.717, 1.165) is 6.92 Å². The lowest BCUT2D eigenvalue weighted by atomic mass is 9.97. The number of hydrogen-bond acceptors (Lipinski definition) is 9. The number of esters is 1. The Morgan fingerprint density at radius 2 is 1.70 bits per heavy atom. The Morgan fingerprint density at radius 1 is 1.10 bits per heavy atom. The number of alkyl halides is 3. The van der Waals surface area contributed by atoms with Gasteiger partial charge in [-0.1, -0.05) is 40.2 Å². The Labute approximate surface area is 221 Å². The van der Waals surface area contributed by atoms with Crippen LogP contribution in [0.3, 0.4) is 0 Å². The van der Waals surface area contributed by atoms with E-state index in [-0.39, 0.29) is 18.2 Å². The predicted octanol–water partition coefficient (Wildman–Crippen LogP) is 6.89. The number of halogens is 8. The first kappa shape index (κ1) is 32.7. The number of ether oxygens (including phenoxy) is 4. The summed E-state index contributed by atoms with van der Waals surface area (Å²) < 4.78 is 127. The first-order valence-electron chi connectivity index (χ1n) is 11.0.